The Labute approximate surface area is 310 Å². The van der Waals surface area contributed by atoms with Crippen molar-refractivity contribution in [3.05, 3.63) is 203 Å². The molecule has 0 bridgehead atoms. The molecule has 6 aromatic carbocycles. The lowest BCUT2D eigenvalue weighted by Crippen LogP contribution is -2.38. The first kappa shape index (κ1) is 33.5. The maximum atomic E-state index is 14.7. The minimum Gasteiger partial charge on any atom is -0.508 e. The van der Waals surface area contributed by atoms with Crippen LogP contribution in [-0.4, -0.2) is 39.5 Å². The summed E-state index contributed by atoms with van der Waals surface area (Å²) in [5.41, 5.74) is 4.09. The third-order valence-electron chi connectivity index (χ3n) is 8.93. The van der Waals surface area contributed by atoms with Crippen LogP contribution in [0.4, 0.5) is 11.4 Å². The lowest BCUT2D eigenvalue weighted by Gasteiger charge is -2.27. The van der Waals surface area contributed by atoms with Crippen LogP contribution >= 0.6 is 0 Å². The largest absolute Gasteiger partial charge is 0.508 e. The fraction of sp³-hybridized carbons (Fsp3) is 0. The Morgan fingerprint density at radius 1 is 0.481 bits per heavy atom. The molecule has 260 valence electrons. The molecule has 0 saturated carbocycles. The zero-order valence-corrected chi connectivity index (χ0v) is 28.6. The van der Waals surface area contributed by atoms with Crippen LogP contribution in [0.1, 0.15) is 38.2 Å². The highest BCUT2D eigenvalue weighted by atomic mass is 16.3. The number of hydrogen-bond donors (Lipinski definition) is 2. The highest BCUT2D eigenvalue weighted by molar-refractivity contribution is 6.38. The van der Waals surface area contributed by atoms with Crippen LogP contribution in [-0.2, 0) is 9.59 Å². The molecule has 8 rings (SSSR count). The van der Waals surface area contributed by atoms with E-state index in [9.17, 15) is 24.6 Å². The molecular weight excluding hydrogens is 677 g/mol. The van der Waals surface area contributed by atoms with E-state index in [1.54, 1.807) is 78.9 Å². The number of amides is 2. The Morgan fingerprint density at radius 2 is 0.907 bits per heavy atom. The molecule has 2 aliphatic rings. The molecule has 2 aliphatic heterocycles. The minimum atomic E-state index is -0.489. The number of phenolic OH excluding ortho intramolecular Hbond substituents is 2. The summed E-state index contributed by atoms with van der Waals surface area (Å²) in [7, 11) is 0. The minimum absolute atomic E-state index is 0.0829. The molecule has 9 heteroatoms. The summed E-state index contributed by atoms with van der Waals surface area (Å²) in [6, 6.07) is 45.0. The molecule has 9 nitrogen and oxygen atoms in total. The molecule has 2 N–H and O–H groups in total. The molecule has 54 heavy (non-hydrogen) atoms. The van der Waals surface area contributed by atoms with Gasteiger partial charge in [0.25, 0.3) is 11.8 Å². The standard InChI is InChI=1S/C45H30N4O5/c50-35-21-16-29(17-22-35)26-37-44(53)48(42(46-37)32-12-6-2-7-13-32)39-25-20-34(41(52)31-10-4-1-5-11-31)28-40(39)49-43(33-14-8-3-9-15-33)47-38(45(49)54)27-30-18-23-36(51)24-19-30/h1-28,50-51H/b37-26-,38-27-. The second kappa shape index (κ2) is 14.2. The number of carbonyl (C=O) groups is 3. The van der Waals surface area contributed by atoms with Crippen molar-refractivity contribution < 1.29 is 24.6 Å². The molecule has 0 saturated heterocycles. The quantitative estimate of drug-likeness (QED) is 0.123. The zero-order valence-electron chi connectivity index (χ0n) is 28.6. The number of carbonyl (C=O) groups excluding carboxylic acids is 3. The van der Waals surface area contributed by atoms with Gasteiger partial charge in [-0.3, -0.25) is 24.2 Å². The van der Waals surface area contributed by atoms with Gasteiger partial charge >= 0.3 is 0 Å². The van der Waals surface area contributed by atoms with Gasteiger partial charge in [0.15, 0.2) is 5.78 Å². The van der Waals surface area contributed by atoms with E-state index in [0.29, 0.717) is 50.7 Å². The van der Waals surface area contributed by atoms with Crippen molar-refractivity contribution in [1.29, 1.82) is 0 Å². The van der Waals surface area contributed by atoms with E-state index in [4.69, 9.17) is 9.98 Å². The third kappa shape index (κ3) is 6.49. The van der Waals surface area contributed by atoms with Crippen molar-refractivity contribution in [3.8, 4) is 11.5 Å². The number of aromatic hydroxyl groups is 2. The number of amidine groups is 2. The zero-order chi connectivity index (χ0) is 37.2. The first-order valence-corrected chi connectivity index (χ1v) is 17.1. The van der Waals surface area contributed by atoms with Crippen LogP contribution in [0.25, 0.3) is 12.2 Å². The van der Waals surface area contributed by atoms with Crippen molar-refractivity contribution in [3.63, 3.8) is 0 Å². The SMILES string of the molecule is O=C(c1ccccc1)c1ccc(N2C(=O)/C(=C/c3ccc(O)cc3)N=C2c2ccccc2)c(N2C(=O)/C(=C/c3ccc(O)cc3)N=C2c2ccccc2)c1. The fourth-order valence-corrected chi connectivity index (χ4v) is 6.29. The first-order chi connectivity index (χ1) is 26.3. The van der Waals surface area contributed by atoms with Crippen LogP contribution in [0.15, 0.2) is 179 Å². The maximum Gasteiger partial charge on any atom is 0.282 e. The van der Waals surface area contributed by atoms with Crippen LogP contribution in [0.2, 0.25) is 0 Å². The summed E-state index contributed by atoms with van der Waals surface area (Å²) in [6.07, 6.45) is 3.26. The smallest absolute Gasteiger partial charge is 0.282 e. The van der Waals surface area contributed by atoms with E-state index in [2.05, 4.69) is 0 Å². The van der Waals surface area contributed by atoms with Crippen LogP contribution in [0.5, 0.6) is 11.5 Å². The number of phenols is 2. The summed E-state index contributed by atoms with van der Waals surface area (Å²) in [6.45, 7) is 0. The van der Waals surface area contributed by atoms with Crippen LogP contribution in [0, 0.1) is 0 Å². The van der Waals surface area contributed by atoms with Crippen molar-refractivity contribution >= 4 is 52.8 Å². The Kier molecular flexibility index (Phi) is 8.79. The number of anilines is 2. The van der Waals surface area contributed by atoms with Gasteiger partial charge in [0.2, 0.25) is 0 Å². The molecular formula is C45H30N4O5. The molecule has 2 heterocycles. The summed E-state index contributed by atoms with van der Waals surface area (Å²) >= 11 is 0. The topological polar surface area (TPSA) is 123 Å². The van der Waals surface area contributed by atoms with E-state index >= 15 is 0 Å². The van der Waals surface area contributed by atoms with Crippen LogP contribution in [0.3, 0.4) is 0 Å². The molecule has 0 aliphatic carbocycles. The number of benzene rings is 6. The third-order valence-corrected chi connectivity index (χ3v) is 8.93. The van der Waals surface area contributed by atoms with Gasteiger partial charge in [0.05, 0.1) is 11.4 Å². The van der Waals surface area contributed by atoms with E-state index in [1.807, 2.05) is 66.7 Å². The Hall–Kier alpha value is -7.65. The van der Waals surface area contributed by atoms with E-state index in [0.717, 1.165) is 0 Å². The predicted molar refractivity (Wildman–Crippen MR) is 209 cm³/mol. The average Bonchev–Trinajstić information content (AvgIpc) is 3.71. The molecule has 2 amide bonds. The fourth-order valence-electron chi connectivity index (χ4n) is 6.29. The monoisotopic (exact) mass is 706 g/mol. The second-order valence-corrected chi connectivity index (χ2v) is 12.5. The molecule has 0 unspecified atom stereocenters. The van der Waals surface area contributed by atoms with Gasteiger partial charge in [-0.15, -0.1) is 0 Å². The van der Waals surface area contributed by atoms with Crippen molar-refractivity contribution in [2.45, 2.75) is 0 Å². The first-order valence-electron chi connectivity index (χ1n) is 17.1. The Balaban J connectivity index is 1.34. The van der Waals surface area contributed by atoms with Crippen molar-refractivity contribution in [2.75, 3.05) is 9.80 Å². The maximum absolute atomic E-state index is 14.7. The average molecular weight is 707 g/mol. The van der Waals surface area contributed by atoms with Crippen LogP contribution < -0.4 is 9.80 Å². The molecule has 0 fully saturated rings. The van der Waals surface area contributed by atoms with E-state index < -0.39 is 11.8 Å². The summed E-state index contributed by atoms with van der Waals surface area (Å²) in [5.74, 6) is -0.443. The molecule has 0 spiro atoms. The van der Waals surface area contributed by atoms with Gasteiger partial charge in [-0.25, -0.2) is 9.98 Å². The number of ketones is 1. The number of hydrogen-bond acceptors (Lipinski definition) is 7. The Morgan fingerprint density at radius 3 is 1.37 bits per heavy atom. The lowest BCUT2D eigenvalue weighted by molar-refractivity contribution is -0.114. The lowest BCUT2D eigenvalue weighted by atomic mass is 10.0. The summed E-state index contributed by atoms with van der Waals surface area (Å²) in [5, 5.41) is 19.7. The summed E-state index contributed by atoms with van der Waals surface area (Å²) in [4.78, 5) is 55.8. The van der Waals surface area contributed by atoms with E-state index in [-0.39, 0.29) is 34.4 Å². The van der Waals surface area contributed by atoms with Gasteiger partial charge in [-0.1, -0.05) is 115 Å². The number of nitrogens with zero attached hydrogens (tertiary/aromatic N) is 4. The molecule has 0 aromatic heterocycles. The summed E-state index contributed by atoms with van der Waals surface area (Å²) < 4.78 is 0. The second-order valence-electron chi connectivity index (χ2n) is 12.5. The number of aliphatic imine (C=N–C) groups is 2. The molecule has 6 aromatic rings. The van der Waals surface area contributed by atoms with E-state index in [1.165, 1.54) is 34.1 Å². The highest BCUT2D eigenvalue weighted by Crippen LogP contribution is 2.40. The number of rotatable bonds is 8. The van der Waals surface area contributed by atoms with Crippen molar-refractivity contribution in [1.82, 2.24) is 0 Å². The molecule has 0 radical (unpaired) electrons. The normalized spacial score (nSPS) is 15.6. The van der Waals surface area contributed by atoms with Gasteiger partial charge in [-0.2, -0.15) is 0 Å². The molecule has 0 atom stereocenters. The predicted octanol–water partition coefficient (Wildman–Crippen LogP) is 8.00. The highest BCUT2D eigenvalue weighted by Gasteiger charge is 2.39. The van der Waals surface area contributed by atoms with Crippen molar-refractivity contribution in [2.24, 2.45) is 9.98 Å². The van der Waals surface area contributed by atoms with Gasteiger partial charge < -0.3 is 10.2 Å². The van der Waals surface area contributed by atoms with Gasteiger partial charge in [0.1, 0.15) is 34.6 Å². The Bertz CT molecular complexity index is 2540. The van der Waals surface area contributed by atoms with Gasteiger partial charge in [0, 0.05) is 22.3 Å². The van der Waals surface area contributed by atoms with Gasteiger partial charge in [-0.05, 0) is 65.7 Å².